The second-order valence-corrected chi connectivity index (χ2v) is 11.4. The molecule has 178 valence electrons. The van der Waals surface area contributed by atoms with E-state index in [1.807, 2.05) is 26.8 Å². The Morgan fingerprint density at radius 2 is 1.88 bits per heavy atom. The maximum absolute atomic E-state index is 13.2. The molecule has 0 aromatic rings. The molecule has 32 heavy (non-hydrogen) atoms. The normalized spacial score (nSPS) is 46.0. The molecule has 8 atom stereocenters. The number of carbonyl (C=O) groups is 1. The lowest BCUT2D eigenvalue weighted by atomic mass is 9.46. The Kier molecular flexibility index (Phi) is 5.96. The van der Waals surface area contributed by atoms with E-state index >= 15 is 0 Å². The van der Waals surface area contributed by atoms with E-state index in [1.54, 1.807) is 6.08 Å². The number of carbonyl (C=O) groups excluding carboxylic acids is 1. The van der Waals surface area contributed by atoms with Gasteiger partial charge in [0.2, 0.25) is 0 Å². The minimum atomic E-state index is -1.07. The van der Waals surface area contributed by atoms with Gasteiger partial charge >= 0.3 is 0 Å². The summed E-state index contributed by atoms with van der Waals surface area (Å²) in [6.45, 7) is 10.7. The first-order valence-corrected chi connectivity index (χ1v) is 12.1. The lowest BCUT2D eigenvalue weighted by Crippen LogP contribution is -2.60. The maximum Gasteiger partial charge on any atom is 0.159 e. The molecule has 7 unspecified atom stereocenters. The molecule has 4 aliphatic carbocycles. The molecule has 0 saturated heterocycles. The summed E-state index contributed by atoms with van der Waals surface area (Å²) in [4.78, 5) is 18.7. The van der Waals surface area contributed by atoms with Crippen molar-refractivity contribution in [2.24, 2.45) is 33.7 Å². The summed E-state index contributed by atoms with van der Waals surface area (Å²) in [6.07, 6.45) is 5.76. The van der Waals surface area contributed by atoms with Gasteiger partial charge in [0.05, 0.1) is 23.5 Å². The fraction of sp³-hybridized carbons (Fsp3) is 0.769. The van der Waals surface area contributed by atoms with Gasteiger partial charge in [-0.15, -0.1) is 0 Å². The smallest absolute Gasteiger partial charge is 0.159 e. The van der Waals surface area contributed by atoms with Crippen LogP contribution in [0.25, 0.3) is 0 Å². The highest BCUT2D eigenvalue weighted by molar-refractivity contribution is 5.95. The predicted octanol–water partition coefficient (Wildman–Crippen LogP) is 3.55. The van der Waals surface area contributed by atoms with Crippen molar-refractivity contribution in [3.05, 3.63) is 23.3 Å². The summed E-state index contributed by atoms with van der Waals surface area (Å²) >= 11 is 0. The van der Waals surface area contributed by atoms with E-state index in [0.717, 1.165) is 30.5 Å². The Balaban J connectivity index is 1.64. The zero-order chi connectivity index (χ0) is 23.5. The Labute approximate surface area is 191 Å². The molecule has 4 rings (SSSR count). The molecule has 0 aromatic carbocycles. The molecule has 0 amide bonds. The first-order valence-electron chi connectivity index (χ1n) is 12.1. The largest absolute Gasteiger partial charge is 0.392 e. The number of allylic oxidation sites excluding steroid dienone is 2. The average molecular weight is 446 g/mol. The number of hydrogen-bond donors (Lipinski definition) is 3. The molecule has 3 saturated carbocycles. The summed E-state index contributed by atoms with van der Waals surface area (Å²) in [5, 5.41) is 37.1. The molecule has 0 aliphatic heterocycles. The Bertz CT molecular complexity index is 873. The third-order valence-electron chi connectivity index (χ3n) is 9.40. The van der Waals surface area contributed by atoms with E-state index in [-0.39, 0.29) is 23.5 Å². The van der Waals surface area contributed by atoms with Gasteiger partial charge in [-0.2, -0.15) is 0 Å². The van der Waals surface area contributed by atoms with Gasteiger partial charge in [0, 0.05) is 17.3 Å². The highest BCUT2D eigenvalue weighted by atomic mass is 16.6. The van der Waals surface area contributed by atoms with Crippen molar-refractivity contribution < 1.29 is 25.0 Å². The number of aliphatic hydroxyl groups excluding tert-OH is 2. The molecule has 0 aromatic heterocycles. The average Bonchev–Trinajstić information content (AvgIpc) is 2.99. The molecule has 0 spiro atoms. The highest BCUT2D eigenvalue weighted by Crippen LogP contribution is 2.67. The summed E-state index contributed by atoms with van der Waals surface area (Å²) in [6, 6.07) is 0. The van der Waals surface area contributed by atoms with Crippen molar-refractivity contribution in [3.63, 3.8) is 0 Å². The van der Waals surface area contributed by atoms with Gasteiger partial charge in [0.1, 0.15) is 6.61 Å². The van der Waals surface area contributed by atoms with Gasteiger partial charge < -0.3 is 20.2 Å². The van der Waals surface area contributed by atoms with E-state index in [2.05, 4.69) is 19.0 Å². The molecule has 6 nitrogen and oxygen atoms in total. The predicted molar refractivity (Wildman–Crippen MR) is 123 cm³/mol. The van der Waals surface area contributed by atoms with Crippen LogP contribution in [0.3, 0.4) is 0 Å². The quantitative estimate of drug-likeness (QED) is 0.266. The van der Waals surface area contributed by atoms with Gasteiger partial charge in [-0.05, 0) is 88.4 Å². The summed E-state index contributed by atoms with van der Waals surface area (Å²) in [5.74, 6) is -0.191. The summed E-state index contributed by atoms with van der Waals surface area (Å²) in [5.41, 5.74) is 0.998. The molecule has 3 N–H and O–H groups in total. The zero-order valence-electron chi connectivity index (χ0n) is 20.1. The lowest BCUT2D eigenvalue weighted by molar-refractivity contribution is -0.151. The van der Waals surface area contributed by atoms with Gasteiger partial charge in [-0.25, -0.2) is 0 Å². The van der Waals surface area contributed by atoms with Gasteiger partial charge in [0.15, 0.2) is 5.78 Å². The number of oxime groups is 1. The van der Waals surface area contributed by atoms with Crippen molar-refractivity contribution in [3.8, 4) is 0 Å². The standard InChI is InChI=1S/C26H39NO5/c1-15(2)8-11-32-27-16(3)17-7-10-26(31)19-12-21(28)20-13-22(29)23(30)14-24(20,4)18(19)6-9-25(17,26)5/h8,12,17-18,20,22-23,29-31H,6-7,9-11,13-14H2,1-5H3/b27-16-/t17?,18?,20?,22?,23?,24?,25?,26-/m1/s1. The fourth-order valence-electron chi connectivity index (χ4n) is 7.45. The minimum Gasteiger partial charge on any atom is -0.392 e. The second kappa shape index (κ2) is 8.07. The number of nitrogens with zero attached hydrogens (tertiary/aromatic N) is 1. The summed E-state index contributed by atoms with van der Waals surface area (Å²) in [7, 11) is 0. The van der Waals surface area contributed by atoms with Gasteiger partial charge in [-0.1, -0.05) is 24.6 Å². The molecule has 0 bridgehead atoms. The fourth-order valence-corrected chi connectivity index (χ4v) is 7.45. The molecular weight excluding hydrogens is 406 g/mol. The Morgan fingerprint density at radius 1 is 1.16 bits per heavy atom. The number of rotatable bonds is 4. The van der Waals surface area contributed by atoms with Crippen molar-refractivity contribution in [1.82, 2.24) is 0 Å². The first kappa shape index (κ1) is 23.7. The van der Waals surface area contributed by atoms with Crippen LogP contribution >= 0.6 is 0 Å². The van der Waals surface area contributed by atoms with E-state index < -0.39 is 28.6 Å². The maximum atomic E-state index is 13.2. The van der Waals surface area contributed by atoms with Crippen molar-refractivity contribution in [2.75, 3.05) is 6.61 Å². The van der Waals surface area contributed by atoms with Crippen LogP contribution < -0.4 is 0 Å². The molecule has 0 heterocycles. The molecule has 3 fully saturated rings. The number of fused-ring (bicyclic) bond motifs is 5. The van der Waals surface area contributed by atoms with Crippen LogP contribution in [0.5, 0.6) is 0 Å². The van der Waals surface area contributed by atoms with Crippen LogP contribution in [-0.4, -0.2) is 51.2 Å². The Morgan fingerprint density at radius 3 is 2.56 bits per heavy atom. The van der Waals surface area contributed by atoms with E-state index in [4.69, 9.17) is 4.84 Å². The molecule has 4 aliphatic rings. The molecule has 6 heteroatoms. The highest BCUT2D eigenvalue weighted by Gasteiger charge is 2.66. The van der Waals surface area contributed by atoms with Crippen LogP contribution in [0.2, 0.25) is 0 Å². The van der Waals surface area contributed by atoms with Crippen molar-refractivity contribution >= 4 is 11.5 Å². The van der Waals surface area contributed by atoms with Crippen LogP contribution in [-0.2, 0) is 9.63 Å². The Hall–Kier alpha value is -1.50. The van der Waals surface area contributed by atoms with Crippen LogP contribution in [0, 0.1) is 28.6 Å². The molecular formula is C26H39NO5. The third-order valence-corrected chi connectivity index (χ3v) is 9.40. The van der Waals surface area contributed by atoms with Crippen LogP contribution in [0.15, 0.2) is 28.5 Å². The monoisotopic (exact) mass is 445 g/mol. The topological polar surface area (TPSA) is 99.4 Å². The molecule has 0 radical (unpaired) electrons. The number of hydrogen-bond acceptors (Lipinski definition) is 6. The lowest BCUT2D eigenvalue weighted by Gasteiger charge is -2.59. The van der Waals surface area contributed by atoms with E-state index in [1.165, 1.54) is 5.57 Å². The summed E-state index contributed by atoms with van der Waals surface area (Å²) < 4.78 is 0. The van der Waals surface area contributed by atoms with Gasteiger partial charge in [-0.3, -0.25) is 4.79 Å². The SMILES string of the molecule is CC(C)=CCO/N=C(/C)C1CC[C@@]2(O)C3=CC(=O)C4CC(O)C(O)CC4(C)C3CCC12C. The van der Waals surface area contributed by atoms with Crippen molar-refractivity contribution in [1.29, 1.82) is 0 Å². The van der Waals surface area contributed by atoms with Gasteiger partial charge in [0.25, 0.3) is 0 Å². The zero-order valence-corrected chi connectivity index (χ0v) is 20.1. The van der Waals surface area contributed by atoms with Crippen LogP contribution in [0.1, 0.15) is 73.1 Å². The second-order valence-electron chi connectivity index (χ2n) is 11.4. The van der Waals surface area contributed by atoms with Crippen LogP contribution in [0.4, 0.5) is 0 Å². The number of ketones is 1. The number of aliphatic hydroxyl groups is 3. The first-order chi connectivity index (χ1) is 14.9. The van der Waals surface area contributed by atoms with Crippen molar-refractivity contribution in [2.45, 2.75) is 91.0 Å². The van der Waals surface area contributed by atoms with E-state index in [0.29, 0.717) is 25.9 Å². The minimum absolute atomic E-state index is 0.0127. The third kappa shape index (κ3) is 3.41. The van der Waals surface area contributed by atoms with E-state index in [9.17, 15) is 20.1 Å².